The van der Waals surface area contributed by atoms with E-state index in [1.165, 1.54) is 24.5 Å². The van der Waals surface area contributed by atoms with Gasteiger partial charge in [0.05, 0.1) is 12.4 Å². The number of ether oxygens (including phenoxy) is 1. The van der Waals surface area contributed by atoms with Gasteiger partial charge in [-0.1, -0.05) is 6.07 Å². The average molecular weight is 304 g/mol. The van der Waals surface area contributed by atoms with Crippen molar-refractivity contribution in [1.29, 1.82) is 0 Å². The van der Waals surface area contributed by atoms with Crippen LogP contribution in [0.5, 0.6) is 0 Å². The molecule has 0 spiro atoms. The summed E-state index contributed by atoms with van der Waals surface area (Å²) in [5.41, 5.74) is 0.785. The Morgan fingerprint density at radius 3 is 2.86 bits per heavy atom. The molecule has 22 heavy (non-hydrogen) atoms. The van der Waals surface area contributed by atoms with Gasteiger partial charge in [-0.25, -0.2) is 14.4 Å². The molecule has 0 aliphatic rings. The highest BCUT2D eigenvalue weighted by atomic mass is 19.1. The first-order valence-corrected chi connectivity index (χ1v) is 6.81. The molecule has 2 N–H and O–H groups in total. The Labute approximate surface area is 127 Å². The molecule has 0 bridgehead atoms. The van der Waals surface area contributed by atoms with Crippen LogP contribution in [0.2, 0.25) is 0 Å². The van der Waals surface area contributed by atoms with Crippen LogP contribution >= 0.6 is 0 Å². The first kappa shape index (κ1) is 15.8. The molecule has 2 rings (SSSR count). The van der Waals surface area contributed by atoms with Gasteiger partial charge in [-0.15, -0.1) is 0 Å². The molecule has 6 nitrogen and oxygen atoms in total. The normalized spacial score (nSPS) is 10.3. The largest absolute Gasteiger partial charge is 0.385 e. The number of benzene rings is 1. The molecule has 0 aliphatic heterocycles. The zero-order valence-electron chi connectivity index (χ0n) is 12.2. The van der Waals surface area contributed by atoms with Gasteiger partial charge in [-0.3, -0.25) is 4.79 Å². The highest BCUT2D eigenvalue weighted by Gasteiger charge is 2.07. The van der Waals surface area contributed by atoms with Crippen molar-refractivity contribution >= 4 is 17.4 Å². The van der Waals surface area contributed by atoms with Crippen LogP contribution in [-0.2, 0) is 4.74 Å². The molecule has 2 aromatic rings. The summed E-state index contributed by atoms with van der Waals surface area (Å²) < 4.78 is 18.0. The third-order valence-electron chi connectivity index (χ3n) is 2.79. The van der Waals surface area contributed by atoms with Gasteiger partial charge < -0.3 is 15.4 Å². The Morgan fingerprint density at radius 1 is 1.32 bits per heavy atom. The Bertz CT molecular complexity index is 619. The summed E-state index contributed by atoms with van der Waals surface area (Å²) in [5, 5.41) is 5.63. The van der Waals surface area contributed by atoms with Crippen molar-refractivity contribution in [3.63, 3.8) is 0 Å². The van der Waals surface area contributed by atoms with Gasteiger partial charge >= 0.3 is 0 Å². The third-order valence-corrected chi connectivity index (χ3v) is 2.79. The lowest BCUT2D eigenvalue weighted by atomic mass is 10.3. The lowest BCUT2D eigenvalue weighted by Gasteiger charge is -2.07. The number of hydrogen-bond donors (Lipinski definition) is 2. The molecule has 0 aliphatic carbocycles. The fraction of sp³-hybridized carbons (Fsp3) is 0.267. The number of halogens is 1. The topological polar surface area (TPSA) is 76.1 Å². The summed E-state index contributed by atoms with van der Waals surface area (Å²) in [5.74, 6) is -0.201. The SMILES string of the molecule is COCCCNC(=O)c1cnc(Nc2cccc(F)c2)cn1. The van der Waals surface area contributed by atoms with E-state index in [1.54, 1.807) is 19.2 Å². The van der Waals surface area contributed by atoms with Crippen LogP contribution in [0, 0.1) is 5.82 Å². The number of anilines is 2. The van der Waals surface area contributed by atoms with E-state index in [2.05, 4.69) is 20.6 Å². The van der Waals surface area contributed by atoms with Crippen LogP contribution in [0.15, 0.2) is 36.7 Å². The van der Waals surface area contributed by atoms with E-state index >= 15 is 0 Å². The lowest BCUT2D eigenvalue weighted by molar-refractivity contribution is 0.0943. The number of carbonyl (C=O) groups is 1. The average Bonchev–Trinajstić information content (AvgIpc) is 2.52. The van der Waals surface area contributed by atoms with Crippen molar-refractivity contribution in [2.75, 3.05) is 25.6 Å². The molecule has 1 aromatic heterocycles. The summed E-state index contributed by atoms with van der Waals surface area (Å²) in [6.07, 6.45) is 3.52. The fourth-order valence-corrected chi connectivity index (χ4v) is 1.73. The maximum Gasteiger partial charge on any atom is 0.271 e. The molecule has 7 heteroatoms. The minimum Gasteiger partial charge on any atom is -0.385 e. The molecule has 0 fully saturated rings. The van der Waals surface area contributed by atoms with Crippen LogP contribution in [-0.4, -0.2) is 36.1 Å². The summed E-state index contributed by atoms with van der Waals surface area (Å²) in [6, 6.07) is 6.00. The quantitative estimate of drug-likeness (QED) is 0.766. The summed E-state index contributed by atoms with van der Waals surface area (Å²) >= 11 is 0. The van der Waals surface area contributed by atoms with Crippen LogP contribution in [0.25, 0.3) is 0 Å². The van der Waals surface area contributed by atoms with Crippen molar-refractivity contribution in [3.8, 4) is 0 Å². The number of nitrogens with one attached hydrogen (secondary N) is 2. The van der Waals surface area contributed by atoms with Crippen molar-refractivity contribution in [2.24, 2.45) is 0 Å². The highest BCUT2D eigenvalue weighted by molar-refractivity contribution is 5.92. The Kier molecular flexibility index (Phi) is 5.79. The molecule has 0 atom stereocenters. The van der Waals surface area contributed by atoms with E-state index in [-0.39, 0.29) is 17.4 Å². The fourth-order valence-electron chi connectivity index (χ4n) is 1.73. The van der Waals surface area contributed by atoms with Crippen LogP contribution in [0.3, 0.4) is 0 Å². The van der Waals surface area contributed by atoms with Crippen molar-refractivity contribution in [3.05, 3.63) is 48.2 Å². The van der Waals surface area contributed by atoms with Gasteiger partial charge in [0.1, 0.15) is 17.3 Å². The number of hydrogen-bond acceptors (Lipinski definition) is 5. The van der Waals surface area contributed by atoms with E-state index in [1.807, 2.05) is 0 Å². The second kappa shape index (κ2) is 8.04. The predicted molar refractivity (Wildman–Crippen MR) is 80.5 cm³/mol. The molecule has 1 aromatic carbocycles. The van der Waals surface area contributed by atoms with Gasteiger partial charge in [0.25, 0.3) is 5.91 Å². The van der Waals surface area contributed by atoms with E-state index in [4.69, 9.17) is 4.74 Å². The molecule has 0 saturated carbocycles. The smallest absolute Gasteiger partial charge is 0.271 e. The van der Waals surface area contributed by atoms with Gasteiger partial charge in [0.15, 0.2) is 0 Å². The van der Waals surface area contributed by atoms with Crippen molar-refractivity contribution in [1.82, 2.24) is 15.3 Å². The third kappa shape index (κ3) is 4.78. The maximum atomic E-state index is 13.1. The van der Waals surface area contributed by atoms with Crippen molar-refractivity contribution in [2.45, 2.75) is 6.42 Å². The predicted octanol–water partition coefficient (Wildman–Crippen LogP) is 2.13. The molecule has 1 amide bonds. The Hall–Kier alpha value is -2.54. The van der Waals surface area contributed by atoms with E-state index in [9.17, 15) is 9.18 Å². The van der Waals surface area contributed by atoms with Gasteiger partial charge in [-0.2, -0.15) is 0 Å². The molecule has 1 heterocycles. The minimum atomic E-state index is -0.343. The molecule has 116 valence electrons. The maximum absolute atomic E-state index is 13.1. The van der Waals surface area contributed by atoms with E-state index in [0.717, 1.165) is 6.42 Å². The molecule has 0 unspecified atom stereocenters. The Morgan fingerprint density at radius 2 is 2.18 bits per heavy atom. The van der Waals surface area contributed by atoms with Crippen molar-refractivity contribution < 1.29 is 13.9 Å². The number of methoxy groups -OCH3 is 1. The zero-order chi connectivity index (χ0) is 15.8. The zero-order valence-corrected chi connectivity index (χ0v) is 12.2. The molecular formula is C15H17FN4O2. The monoisotopic (exact) mass is 304 g/mol. The second-order valence-corrected chi connectivity index (χ2v) is 4.52. The number of rotatable bonds is 7. The number of aromatic nitrogens is 2. The molecular weight excluding hydrogens is 287 g/mol. The van der Waals surface area contributed by atoms with Crippen LogP contribution < -0.4 is 10.6 Å². The molecule has 0 saturated heterocycles. The summed E-state index contributed by atoms with van der Waals surface area (Å²) in [7, 11) is 1.61. The standard InChI is InChI=1S/C15H17FN4O2/c1-22-7-3-6-17-15(21)13-9-19-14(10-18-13)20-12-5-2-4-11(16)8-12/h2,4-5,8-10H,3,6-7H2,1H3,(H,17,21)(H,19,20). The highest BCUT2D eigenvalue weighted by Crippen LogP contribution is 2.14. The van der Waals surface area contributed by atoms with E-state index < -0.39 is 0 Å². The van der Waals surface area contributed by atoms with E-state index in [0.29, 0.717) is 24.7 Å². The minimum absolute atomic E-state index is 0.224. The Balaban J connectivity index is 1.91. The number of carbonyl (C=O) groups excluding carboxylic acids is 1. The van der Waals surface area contributed by atoms with Gasteiger partial charge in [0.2, 0.25) is 0 Å². The van der Waals surface area contributed by atoms with Gasteiger partial charge in [0, 0.05) is 25.9 Å². The summed E-state index contributed by atoms with van der Waals surface area (Å²) in [4.78, 5) is 19.9. The molecule has 0 radical (unpaired) electrons. The second-order valence-electron chi connectivity index (χ2n) is 4.52. The van der Waals surface area contributed by atoms with Crippen LogP contribution in [0.1, 0.15) is 16.9 Å². The number of nitrogens with zero attached hydrogens (tertiary/aromatic N) is 2. The first-order chi connectivity index (χ1) is 10.7. The number of amides is 1. The lowest BCUT2D eigenvalue weighted by Crippen LogP contribution is -2.26. The van der Waals surface area contributed by atoms with Gasteiger partial charge in [-0.05, 0) is 24.6 Å². The first-order valence-electron chi connectivity index (χ1n) is 6.81. The van der Waals surface area contributed by atoms with Crippen LogP contribution in [0.4, 0.5) is 15.9 Å². The summed E-state index contributed by atoms with van der Waals surface area (Å²) in [6.45, 7) is 1.10.